The lowest BCUT2D eigenvalue weighted by Gasteiger charge is -2.18. The molecule has 1 heterocycles. The SMILES string of the molecule is O=C1CC(CS)CN1Cc1c(Cl)cccc1Cl. The van der Waals surface area contributed by atoms with Crippen molar-refractivity contribution in [2.75, 3.05) is 12.3 Å². The molecule has 1 aliphatic heterocycles. The molecule has 0 aliphatic carbocycles. The molecular formula is C12H13Cl2NOS. The molecule has 1 fully saturated rings. The third-order valence-corrected chi connectivity index (χ3v) is 4.19. The zero-order valence-corrected chi connectivity index (χ0v) is 11.6. The Balaban J connectivity index is 2.14. The molecule has 17 heavy (non-hydrogen) atoms. The van der Waals surface area contributed by atoms with E-state index in [9.17, 15) is 4.79 Å². The molecule has 0 N–H and O–H groups in total. The molecule has 2 rings (SSSR count). The van der Waals surface area contributed by atoms with E-state index in [4.69, 9.17) is 23.2 Å². The highest BCUT2D eigenvalue weighted by atomic mass is 35.5. The molecular weight excluding hydrogens is 277 g/mol. The number of hydrogen-bond donors (Lipinski definition) is 1. The lowest BCUT2D eigenvalue weighted by molar-refractivity contribution is -0.128. The molecule has 1 amide bonds. The standard InChI is InChI=1S/C12H13Cl2NOS/c13-10-2-1-3-11(14)9(10)6-15-5-8(7-17)4-12(15)16/h1-3,8,17H,4-7H2. The van der Waals surface area contributed by atoms with Gasteiger partial charge in [-0.05, 0) is 23.8 Å². The molecule has 0 aromatic heterocycles. The third-order valence-electron chi connectivity index (χ3n) is 2.96. The van der Waals surface area contributed by atoms with Gasteiger partial charge in [0.1, 0.15) is 0 Å². The first-order chi connectivity index (χ1) is 8.11. The molecule has 1 unspecified atom stereocenters. The fraction of sp³-hybridized carbons (Fsp3) is 0.417. The Bertz CT molecular complexity index is 418. The molecule has 5 heteroatoms. The van der Waals surface area contributed by atoms with Crippen LogP contribution in [0.15, 0.2) is 18.2 Å². The minimum Gasteiger partial charge on any atom is -0.338 e. The Morgan fingerprint density at radius 3 is 2.53 bits per heavy atom. The third kappa shape index (κ3) is 2.90. The van der Waals surface area contributed by atoms with E-state index >= 15 is 0 Å². The van der Waals surface area contributed by atoms with Crippen molar-refractivity contribution in [2.45, 2.75) is 13.0 Å². The highest BCUT2D eigenvalue weighted by molar-refractivity contribution is 7.80. The Labute approximate surface area is 116 Å². The van der Waals surface area contributed by atoms with Gasteiger partial charge in [-0.15, -0.1) is 0 Å². The molecule has 92 valence electrons. The van der Waals surface area contributed by atoms with E-state index in [1.807, 2.05) is 0 Å². The summed E-state index contributed by atoms with van der Waals surface area (Å²) in [7, 11) is 0. The van der Waals surface area contributed by atoms with Gasteiger partial charge >= 0.3 is 0 Å². The van der Waals surface area contributed by atoms with Gasteiger partial charge in [-0.2, -0.15) is 12.6 Å². The van der Waals surface area contributed by atoms with Gasteiger partial charge in [0.2, 0.25) is 5.91 Å². The highest BCUT2D eigenvalue weighted by Gasteiger charge is 2.29. The number of carbonyl (C=O) groups is 1. The van der Waals surface area contributed by atoms with E-state index < -0.39 is 0 Å². The maximum absolute atomic E-state index is 11.8. The summed E-state index contributed by atoms with van der Waals surface area (Å²) in [6.07, 6.45) is 0.575. The number of thiol groups is 1. The first-order valence-electron chi connectivity index (χ1n) is 5.43. The lowest BCUT2D eigenvalue weighted by atomic mass is 10.1. The zero-order valence-electron chi connectivity index (χ0n) is 9.20. The summed E-state index contributed by atoms with van der Waals surface area (Å²) in [5, 5.41) is 1.22. The van der Waals surface area contributed by atoms with Crippen molar-refractivity contribution >= 4 is 41.7 Å². The van der Waals surface area contributed by atoms with Crippen molar-refractivity contribution in [3.8, 4) is 0 Å². The van der Waals surface area contributed by atoms with Crippen LogP contribution in [0.4, 0.5) is 0 Å². The molecule has 1 saturated heterocycles. The monoisotopic (exact) mass is 289 g/mol. The van der Waals surface area contributed by atoms with Crippen LogP contribution < -0.4 is 0 Å². The molecule has 1 aromatic carbocycles. The average molecular weight is 290 g/mol. The van der Waals surface area contributed by atoms with Crippen LogP contribution in [0.25, 0.3) is 0 Å². The van der Waals surface area contributed by atoms with Crippen molar-refractivity contribution in [1.82, 2.24) is 4.90 Å². The summed E-state index contributed by atoms with van der Waals surface area (Å²) in [6, 6.07) is 5.38. The minimum absolute atomic E-state index is 0.153. The molecule has 0 saturated carbocycles. The smallest absolute Gasteiger partial charge is 0.223 e. The van der Waals surface area contributed by atoms with Gasteiger partial charge < -0.3 is 4.90 Å². The maximum Gasteiger partial charge on any atom is 0.223 e. The summed E-state index contributed by atoms with van der Waals surface area (Å²) in [4.78, 5) is 13.6. The molecule has 0 spiro atoms. The Kier molecular flexibility index (Phi) is 4.23. The zero-order chi connectivity index (χ0) is 12.4. The van der Waals surface area contributed by atoms with Crippen molar-refractivity contribution in [1.29, 1.82) is 0 Å². The second kappa shape index (κ2) is 5.51. The lowest BCUT2D eigenvalue weighted by Crippen LogP contribution is -2.25. The topological polar surface area (TPSA) is 20.3 Å². The summed E-state index contributed by atoms with van der Waals surface area (Å²) in [5.41, 5.74) is 0.823. The van der Waals surface area contributed by atoms with E-state index in [-0.39, 0.29) is 5.91 Å². The fourth-order valence-electron chi connectivity index (χ4n) is 2.00. The van der Waals surface area contributed by atoms with Gasteiger partial charge in [0.25, 0.3) is 0 Å². The number of nitrogens with zero attached hydrogens (tertiary/aromatic N) is 1. The normalized spacial score (nSPS) is 20.1. The first-order valence-corrected chi connectivity index (χ1v) is 6.82. The number of hydrogen-bond acceptors (Lipinski definition) is 2. The van der Waals surface area contributed by atoms with Gasteiger partial charge in [-0.1, -0.05) is 29.3 Å². The van der Waals surface area contributed by atoms with Crippen LogP contribution in [0, 0.1) is 5.92 Å². The van der Waals surface area contributed by atoms with Gasteiger partial charge in [0.15, 0.2) is 0 Å². The van der Waals surface area contributed by atoms with E-state index in [1.54, 1.807) is 23.1 Å². The van der Waals surface area contributed by atoms with Crippen LogP contribution in [0.5, 0.6) is 0 Å². The minimum atomic E-state index is 0.153. The number of halogens is 2. The van der Waals surface area contributed by atoms with Crippen molar-refractivity contribution in [3.63, 3.8) is 0 Å². The van der Waals surface area contributed by atoms with E-state index in [0.29, 0.717) is 28.9 Å². The van der Waals surface area contributed by atoms with Gasteiger partial charge in [-0.25, -0.2) is 0 Å². The molecule has 1 aliphatic rings. The van der Waals surface area contributed by atoms with E-state index in [2.05, 4.69) is 12.6 Å². The van der Waals surface area contributed by atoms with Crippen LogP contribution >= 0.6 is 35.8 Å². The van der Waals surface area contributed by atoms with Crippen molar-refractivity contribution in [3.05, 3.63) is 33.8 Å². The average Bonchev–Trinajstić information content (AvgIpc) is 2.65. The summed E-state index contributed by atoms with van der Waals surface area (Å²) in [5.74, 6) is 1.23. The molecule has 1 atom stereocenters. The van der Waals surface area contributed by atoms with Crippen LogP contribution in [-0.2, 0) is 11.3 Å². The number of likely N-dealkylation sites (tertiary alicyclic amines) is 1. The number of benzene rings is 1. The van der Waals surface area contributed by atoms with Crippen molar-refractivity contribution < 1.29 is 4.79 Å². The number of amides is 1. The summed E-state index contributed by atoms with van der Waals surface area (Å²) < 4.78 is 0. The highest BCUT2D eigenvalue weighted by Crippen LogP contribution is 2.28. The van der Waals surface area contributed by atoms with Crippen LogP contribution in [0.3, 0.4) is 0 Å². The molecule has 2 nitrogen and oxygen atoms in total. The molecule has 0 bridgehead atoms. The molecule has 1 aromatic rings. The Hall–Kier alpha value is -0.380. The maximum atomic E-state index is 11.8. The van der Waals surface area contributed by atoms with Gasteiger partial charge in [-0.3, -0.25) is 4.79 Å². The Morgan fingerprint density at radius 2 is 2.00 bits per heavy atom. The molecule has 0 radical (unpaired) electrons. The fourth-order valence-corrected chi connectivity index (χ4v) is 2.76. The van der Waals surface area contributed by atoms with E-state index in [0.717, 1.165) is 17.9 Å². The van der Waals surface area contributed by atoms with Crippen LogP contribution in [0.2, 0.25) is 10.0 Å². The second-order valence-corrected chi connectivity index (χ2v) is 5.41. The van der Waals surface area contributed by atoms with Gasteiger partial charge in [0.05, 0.1) is 0 Å². The predicted molar refractivity (Wildman–Crippen MR) is 73.8 cm³/mol. The number of carbonyl (C=O) groups excluding carboxylic acids is 1. The predicted octanol–water partition coefficient (Wildman–Crippen LogP) is 3.27. The van der Waals surface area contributed by atoms with E-state index in [1.165, 1.54) is 0 Å². The second-order valence-electron chi connectivity index (χ2n) is 4.23. The quantitative estimate of drug-likeness (QED) is 0.847. The van der Waals surface area contributed by atoms with Crippen molar-refractivity contribution in [2.24, 2.45) is 5.92 Å². The Morgan fingerprint density at radius 1 is 1.35 bits per heavy atom. The largest absolute Gasteiger partial charge is 0.338 e. The first kappa shape index (κ1) is 13.1. The number of rotatable bonds is 3. The summed E-state index contributed by atoms with van der Waals surface area (Å²) >= 11 is 16.4. The summed E-state index contributed by atoms with van der Waals surface area (Å²) in [6.45, 7) is 1.23. The van der Waals surface area contributed by atoms with Gasteiger partial charge in [0, 0.05) is 35.1 Å². The van der Waals surface area contributed by atoms with Crippen LogP contribution in [0.1, 0.15) is 12.0 Å². The van der Waals surface area contributed by atoms with Crippen LogP contribution in [-0.4, -0.2) is 23.1 Å².